The molecule has 0 aliphatic carbocycles. The lowest BCUT2D eigenvalue weighted by Gasteiger charge is -2.46. The predicted molar refractivity (Wildman–Crippen MR) is 65.3 cm³/mol. The van der Waals surface area contributed by atoms with Crippen LogP contribution < -0.4 is 5.32 Å². The van der Waals surface area contributed by atoms with E-state index in [1.807, 2.05) is 0 Å². The number of hydrogen-bond acceptors (Lipinski definition) is 1. The summed E-state index contributed by atoms with van der Waals surface area (Å²) in [5, 5.41) is 3.18. The lowest BCUT2D eigenvalue weighted by molar-refractivity contribution is -0.138. The Bertz CT molecular complexity index is 419. The molecule has 100 valence electrons. The van der Waals surface area contributed by atoms with Crippen LogP contribution in [0.4, 0.5) is 13.2 Å². The van der Waals surface area contributed by atoms with Crippen molar-refractivity contribution in [3.05, 3.63) is 35.4 Å². The first-order valence-corrected chi connectivity index (χ1v) is 6.21. The minimum absolute atomic E-state index is 0.0264. The Morgan fingerprint density at radius 1 is 1.22 bits per heavy atom. The number of hydrogen-bond donors (Lipinski definition) is 1. The largest absolute Gasteiger partial charge is 0.416 e. The van der Waals surface area contributed by atoms with Gasteiger partial charge in [-0.15, -0.1) is 0 Å². The van der Waals surface area contributed by atoms with E-state index in [1.54, 1.807) is 12.1 Å². The fraction of sp³-hybridized carbons (Fsp3) is 0.571. The van der Waals surface area contributed by atoms with Crippen LogP contribution in [0.3, 0.4) is 0 Å². The predicted octanol–water partition coefficient (Wildman–Crippen LogP) is 3.49. The minimum Gasteiger partial charge on any atom is -0.315 e. The van der Waals surface area contributed by atoms with Crippen molar-refractivity contribution in [2.24, 2.45) is 11.3 Å². The third-order valence-electron chi connectivity index (χ3n) is 4.04. The highest BCUT2D eigenvalue weighted by Crippen LogP contribution is 2.39. The van der Waals surface area contributed by atoms with Gasteiger partial charge in [0.2, 0.25) is 0 Å². The SMILES string of the molecule is CC(C)C1(Cc2ccccc2C(F)(F)F)CNC1. The van der Waals surface area contributed by atoms with Gasteiger partial charge in [-0.25, -0.2) is 0 Å². The molecule has 0 bridgehead atoms. The maximum absolute atomic E-state index is 12.9. The fourth-order valence-corrected chi connectivity index (χ4v) is 2.51. The van der Waals surface area contributed by atoms with Gasteiger partial charge in [-0.2, -0.15) is 13.2 Å². The van der Waals surface area contributed by atoms with Gasteiger partial charge in [0.25, 0.3) is 0 Å². The number of alkyl halides is 3. The number of halogens is 3. The molecule has 1 aliphatic rings. The minimum atomic E-state index is -4.26. The number of benzene rings is 1. The molecule has 0 radical (unpaired) electrons. The quantitative estimate of drug-likeness (QED) is 0.874. The molecule has 18 heavy (non-hydrogen) atoms. The van der Waals surface area contributed by atoms with E-state index < -0.39 is 11.7 Å². The Morgan fingerprint density at radius 3 is 2.28 bits per heavy atom. The molecular formula is C14H18F3N. The third kappa shape index (κ3) is 2.39. The molecule has 0 saturated carbocycles. The standard InChI is InChI=1S/C14H18F3N/c1-10(2)13(8-18-9-13)7-11-5-3-4-6-12(11)14(15,16)17/h3-6,10,18H,7-9H2,1-2H3. The van der Waals surface area contributed by atoms with Gasteiger partial charge in [-0.05, 0) is 24.0 Å². The Balaban J connectivity index is 2.29. The molecule has 0 aromatic heterocycles. The van der Waals surface area contributed by atoms with Crippen molar-refractivity contribution in [1.82, 2.24) is 5.32 Å². The Hall–Kier alpha value is -1.03. The van der Waals surface area contributed by atoms with Gasteiger partial charge in [0, 0.05) is 18.5 Å². The lowest BCUT2D eigenvalue weighted by Crippen LogP contribution is -2.57. The van der Waals surface area contributed by atoms with Crippen molar-refractivity contribution < 1.29 is 13.2 Å². The molecule has 1 saturated heterocycles. The van der Waals surface area contributed by atoms with Crippen molar-refractivity contribution in [3.8, 4) is 0 Å². The Labute approximate surface area is 105 Å². The molecular weight excluding hydrogens is 239 g/mol. The average Bonchev–Trinajstić information content (AvgIpc) is 2.22. The van der Waals surface area contributed by atoms with Crippen LogP contribution in [0, 0.1) is 11.3 Å². The summed E-state index contributed by atoms with van der Waals surface area (Å²) in [7, 11) is 0. The lowest BCUT2D eigenvalue weighted by atomic mass is 9.68. The van der Waals surface area contributed by atoms with E-state index in [0.29, 0.717) is 17.9 Å². The molecule has 0 unspecified atom stereocenters. The maximum atomic E-state index is 12.9. The van der Waals surface area contributed by atoms with Gasteiger partial charge in [0.05, 0.1) is 5.56 Å². The first-order valence-electron chi connectivity index (χ1n) is 6.21. The molecule has 1 fully saturated rings. The zero-order valence-electron chi connectivity index (χ0n) is 10.6. The van der Waals surface area contributed by atoms with Crippen LogP contribution in [0.5, 0.6) is 0 Å². The zero-order chi connectivity index (χ0) is 13.4. The second-order valence-electron chi connectivity index (χ2n) is 5.45. The van der Waals surface area contributed by atoms with Gasteiger partial charge in [-0.3, -0.25) is 0 Å². The van der Waals surface area contributed by atoms with E-state index in [2.05, 4.69) is 19.2 Å². The molecule has 2 rings (SSSR count). The van der Waals surface area contributed by atoms with E-state index in [4.69, 9.17) is 0 Å². The van der Waals surface area contributed by atoms with Crippen molar-refractivity contribution in [2.75, 3.05) is 13.1 Å². The molecule has 0 amide bonds. The van der Waals surface area contributed by atoms with E-state index in [9.17, 15) is 13.2 Å². The molecule has 1 aromatic rings. The number of rotatable bonds is 3. The third-order valence-corrected chi connectivity index (χ3v) is 4.04. The molecule has 4 heteroatoms. The summed E-state index contributed by atoms with van der Waals surface area (Å²) in [6, 6.07) is 5.92. The molecule has 1 N–H and O–H groups in total. The summed E-state index contributed by atoms with van der Waals surface area (Å²) < 4.78 is 38.8. The normalized spacial score (nSPS) is 18.8. The van der Waals surface area contributed by atoms with Gasteiger partial charge >= 0.3 is 6.18 Å². The molecule has 1 heterocycles. The second-order valence-corrected chi connectivity index (χ2v) is 5.45. The van der Waals surface area contributed by atoms with Crippen molar-refractivity contribution >= 4 is 0 Å². The van der Waals surface area contributed by atoms with Crippen molar-refractivity contribution in [1.29, 1.82) is 0 Å². The van der Waals surface area contributed by atoms with E-state index in [-0.39, 0.29) is 5.41 Å². The van der Waals surface area contributed by atoms with Crippen molar-refractivity contribution in [2.45, 2.75) is 26.4 Å². The molecule has 0 spiro atoms. The zero-order valence-corrected chi connectivity index (χ0v) is 10.6. The topological polar surface area (TPSA) is 12.0 Å². The highest BCUT2D eigenvalue weighted by atomic mass is 19.4. The summed E-state index contributed by atoms with van der Waals surface area (Å²) >= 11 is 0. The van der Waals surface area contributed by atoms with Gasteiger partial charge in [0.15, 0.2) is 0 Å². The average molecular weight is 257 g/mol. The monoisotopic (exact) mass is 257 g/mol. The highest BCUT2D eigenvalue weighted by molar-refractivity contribution is 5.31. The first kappa shape index (κ1) is 13.4. The summed E-state index contributed by atoms with van der Waals surface area (Å²) in [5.41, 5.74) is -0.0985. The van der Waals surface area contributed by atoms with E-state index >= 15 is 0 Å². The van der Waals surface area contributed by atoms with Crippen LogP contribution in [-0.4, -0.2) is 13.1 Å². The van der Waals surface area contributed by atoms with Gasteiger partial charge < -0.3 is 5.32 Å². The van der Waals surface area contributed by atoms with Crippen LogP contribution in [0.25, 0.3) is 0 Å². The fourth-order valence-electron chi connectivity index (χ4n) is 2.51. The van der Waals surface area contributed by atoms with Crippen LogP contribution in [0.2, 0.25) is 0 Å². The van der Waals surface area contributed by atoms with Crippen LogP contribution in [0.15, 0.2) is 24.3 Å². The molecule has 1 aliphatic heterocycles. The highest BCUT2D eigenvalue weighted by Gasteiger charge is 2.42. The Morgan fingerprint density at radius 2 is 1.83 bits per heavy atom. The smallest absolute Gasteiger partial charge is 0.315 e. The van der Waals surface area contributed by atoms with Crippen LogP contribution in [-0.2, 0) is 12.6 Å². The van der Waals surface area contributed by atoms with Crippen molar-refractivity contribution in [3.63, 3.8) is 0 Å². The maximum Gasteiger partial charge on any atom is 0.416 e. The van der Waals surface area contributed by atoms with E-state index in [1.165, 1.54) is 12.1 Å². The molecule has 1 nitrogen and oxygen atoms in total. The summed E-state index contributed by atoms with van der Waals surface area (Å²) in [6.45, 7) is 5.77. The first-order chi connectivity index (χ1) is 8.35. The molecule has 0 atom stereocenters. The van der Waals surface area contributed by atoms with Gasteiger partial charge in [0.1, 0.15) is 0 Å². The van der Waals surface area contributed by atoms with E-state index in [0.717, 1.165) is 13.1 Å². The summed E-state index contributed by atoms with van der Waals surface area (Å²) in [5.74, 6) is 0.375. The summed E-state index contributed by atoms with van der Waals surface area (Å²) in [4.78, 5) is 0. The summed E-state index contributed by atoms with van der Waals surface area (Å²) in [6.07, 6.45) is -3.76. The number of nitrogens with one attached hydrogen (secondary N) is 1. The second kappa shape index (κ2) is 4.57. The molecule has 1 aromatic carbocycles. The van der Waals surface area contributed by atoms with Gasteiger partial charge in [-0.1, -0.05) is 32.0 Å². The van der Waals surface area contributed by atoms with Crippen LogP contribution >= 0.6 is 0 Å². The Kier molecular flexibility index (Phi) is 3.41. The van der Waals surface area contributed by atoms with Crippen LogP contribution in [0.1, 0.15) is 25.0 Å².